The van der Waals surface area contributed by atoms with Gasteiger partial charge in [0.15, 0.2) is 0 Å². The summed E-state index contributed by atoms with van der Waals surface area (Å²) in [5.41, 5.74) is 5.12. The van der Waals surface area contributed by atoms with Crippen molar-refractivity contribution in [3.63, 3.8) is 0 Å². The highest BCUT2D eigenvalue weighted by Crippen LogP contribution is 2.42. The molecule has 1 fully saturated rings. The fourth-order valence-electron chi connectivity index (χ4n) is 3.97. The standard InChI is InChI=1S/C28H30N2O2S/c1-28(2,3)22-13-15-24(16-14-22)30-26(32)19-33-27(30)21-10-7-11-23(18-21)29-25(31)17-12-20-8-5-4-6-9-20/h4-11,13-16,18,27H,12,17,19H2,1-3H3,(H,29,31)/t27-/m1/s1. The molecule has 0 aromatic heterocycles. The Kier molecular flexibility index (Phi) is 6.89. The van der Waals surface area contributed by atoms with E-state index in [9.17, 15) is 9.59 Å². The molecule has 1 saturated heterocycles. The van der Waals surface area contributed by atoms with Gasteiger partial charge in [-0.3, -0.25) is 14.5 Å². The van der Waals surface area contributed by atoms with E-state index in [0.717, 1.165) is 22.5 Å². The van der Waals surface area contributed by atoms with E-state index in [-0.39, 0.29) is 22.6 Å². The predicted octanol–water partition coefficient (Wildman–Crippen LogP) is 6.33. The van der Waals surface area contributed by atoms with Crippen LogP contribution in [0, 0.1) is 0 Å². The van der Waals surface area contributed by atoms with Gasteiger partial charge in [0.1, 0.15) is 5.37 Å². The summed E-state index contributed by atoms with van der Waals surface area (Å²) in [6.07, 6.45) is 1.13. The minimum Gasteiger partial charge on any atom is -0.326 e. The summed E-state index contributed by atoms with van der Waals surface area (Å²) < 4.78 is 0. The van der Waals surface area contributed by atoms with Gasteiger partial charge in [0.05, 0.1) is 5.75 Å². The average molecular weight is 459 g/mol. The molecule has 170 valence electrons. The summed E-state index contributed by atoms with van der Waals surface area (Å²) in [5.74, 6) is 0.533. The lowest BCUT2D eigenvalue weighted by Gasteiger charge is -2.26. The Morgan fingerprint density at radius 1 is 1.00 bits per heavy atom. The molecular weight excluding hydrogens is 428 g/mol. The zero-order valence-corrected chi connectivity index (χ0v) is 20.2. The number of benzene rings is 3. The zero-order chi connectivity index (χ0) is 23.4. The molecule has 3 aromatic rings. The van der Waals surface area contributed by atoms with E-state index in [1.807, 2.05) is 71.6 Å². The van der Waals surface area contributed by atoms with Crippen LogP contribution in [0.2, 0.25) is 0 Å². The summed E-state index contributed by atoms with van der Waals surface area (Å²) in [5, 5.41) is 2.90. The normalized spacial score (nSPS) is 16.2. The number of nitrogens with one attached hydrogen (secondary N) is 1. The summed E-state index contributed by atoms with van der Waals surface area (Å²) in [6, 6.07) is 26.1. The van der Waals surface area contributed by atoms with Gasteiger partial charge in [-0.05, 0) is 52.8 Å². The van der Waals surface area contributed by atoms with Crippen molar-refractivity contribution >= 4 is 35.0 Å². The lowest BCUT2D eigenvalue weighted by atomic mass is 9.87. The van der Waals surface area contributed by atoms with Crippen LogP contribution in [0.1, 0.15) is 49.3 Å². The smallest absolute Gasteiger partial charge is 0.238 e. The van der Waals surface area contributed by atoms with Crippen molar-refractivity contribution in [1.29, 1.82) is 0 Å². The molecule has 4 rings (SSSR count). The predicted molar refractivity (Wildman–Crippen MR) is 138 cm³/mol. The molecule has 33 heavy (non-hydrogen) atoms. The number of hydrogen-bond acceptors (Lipinski definition) is 3. The maximum Gasteiger partial charge on any atom is 0.238 e. The van der Waals surface area contributed by atoms with Gasteiger partial charge < -0.3 is 5.32 Å². The third kappa shape index (κ3) is 5.66. The summed E-state index contributed by atoms with van der Waals surface area (Å²) in [6.45, 7) is 6.55. The first kappa shape index (κ1) is 23.1. The average Bonchev–Trinajstić information content (AvgIpc) is 3.19. The third-order valence-corrected chi connectivity index (χ3v) is 7.03. The molecule has 1 N–H and O–H groups in total. The number of amides is 2. The second kappa shape index (κ2) is 9.84. The highest BCUT2D eigenvalue weighted by Gasteiger charge is 2.34. The quantitative estimate of drug-likeness (QED) is 0.469. The molecule has 0 unspecified atom stereocenters. The van der Waals surface area contributed by atoms with E-state index in [1.54, 1.807) is 11.8 Å². The van der Waals surface area contributed by atoms with Crippen LogP contribution in [-0.4, -0.2) is 17.6 Å². The molecule has 3 aromatic carbocycles. The van der Waals surface area contributed by atoms with Gasteiger partial charge in [-0.1, -0.05) is 75.4 Å². The van der Waals surface area contributed by atoms with Gasteiger partial charge in [-0.25, -0.2) is 0 Å². The molecular formula is C28H30N2O2S. The van der Waals surface area contributed by atoms with E-state index in [1.165, 1.54) is 5.56 Å². The molecule has 1 aliphatic rings. The van der Waals surface area contributed by atoms with Crippen LogP contribution in [0.4, 0.5) is 11.4 Å². The maximum atomic E-state index is 12.8. The first-order valence-electron chi connectivity index (χ1n) is 11.3. The van der Waals surface area contributed by atoms with Crippen LogP contribution in [0.5, 0.6) is 0 Å². The molecule has 1 atom stereocenters. The number of carbonyl (C=O) groups excluding carboxylic acids is 2. The van der Waals surface area contributed by atoms with Crippen molar-refractivity contribution < 1.29 is 9.59 Å². The summed E-state index contributed by atoms with van der Waals surface area (Å²) >= 11 is 1.62. The minimum absolute atomic E-state index is 0.0132. The highest BCUT2D eigenvalue weighted by molar-refractivity contribution is 8.00. The maximum absolute atomic E-state index is 12.8. The fourth-order valence-corrected chi connectivity index (χ4v) is 5.13. The topological polar surface area (TPSA) is 49.4 Å². The van der Waals surface area contributed by atoms with Crippen molar-refractivity contribution in [3.05, 3.63) is 95.6 Å². The highest BCUT2D eigenvalue weighted by atomic mass is 32.2. The number of aryl methyl sites for hydroxylation is 1. The van der Waals surface area contributed by atoms with Crippen LogP contribution in [0.3, 0.4) is 0 Å². The van der Waals surface area contributed by atoms with Crippen LogP contribution in [0.15, 0.2) is 78.9 Å². The van der Waals surface area contributed by atoms with E-state index < -0.39 is 0 Å². The number of carbonyl (C=O) groups is 2. The Morgan fingerprint density at radius 3 is 2.42 bits per heavy atom. The van der Waals surface area contributed by atoms with Crippen molar-refractivity contribution in [3.8, 4) is 0 Å². The van der Waals surface area contributed by atoms with Gasteiger partial charge in [-0.2, -0.15) is 0 Å². The third-order valence-electron chi connectivity index (χ3n) is 5.82. The lowest BCUT2D eigenvalue weighted by molar-refractivity contribution is -0.116. The van der Waals surface area contributed by atoms with E-state index in [2.05, 4.69) is 38.2 Å². The molecule has 1 heterocycles. The Balaban J connectivity index is 1.47. The van der Waals surface area contributed by atoms with Gasteiger partial charge in [-0.15, -0.1) is 11.8 Å². The molecule has 4 nitrogen and oxygen atoms in total. The van der Waals surface area contributed by atoms with Crippen LogP contribution < -0.4 is 10.2 Å². The SMILES string of the molecule is CC(C)(C)c1ccc(N2C(=O)CS[C@@H]2c2cccc(NC(=O)CCc3ccccc3)c2)cc1. The second-order valence-electron chi connectivity index (χ2n) is 9.38. The Bertz CT molecular complexity index is 1120. The Hall–Kier alpha value is -3.05. The van der Waals surface area contributed by atoms with Gasteiger partial charge in [0, 0.05) is 17.8 Å². The molecule has 0 saturated carbocycles. The number of rotatable bonds is 6. The molecule has 2 amide bonds. The van der Waals surface area contributed by atoms with Crippen molar-refractivity contribution in [2.24, 2.45) is 0 Å². The fraction of sp³-hybridized carbons (Fsp3) is 0.286. The molecule has 0 aliphatic carbocycles. The molecule has 0 spiro atoms. The lowest BCUT2D eigenvalue weighted by Crippen LogP contribution is -2.28. The van der Waals surface area contributed by atoms with Crippen molar-refractivity contribution in [2.45, 2.75) is 44.4 Å². The monoisotopic (exact) mass is 458 g/mol. The van der Waals surface area contributed by atoms with Crippen molar-refractivity contribution in [2.75, 3.05) is 16.0 Å². The molecule has 5 heteroatoms. The second-order valence-corrected chi connectivity index (χ2v) is 10.5. The van der Waals surface area contributed by atoms with Crippen LogP contribution in [-0.2, 0) is 21.4 Å². The number of hydrogen-bond donors (Lipinski definition) is 1. The van der Waals surface area contributed by atoms with Gasteiger partial charge in [0.2, 0.25) is 11.8 Å². The van der Waals surface area contributed by atoms with Crippen molar-refractivity contribution in [1.82, 2.24) is 0 Å². The van der Waals surface area contributed by atoms with E-state index in [4.69, 9.17) is 0 Å². The van der Waals surface area contributed by atoms with Gasteiger partial charge in [0.25, 0.3) is 0 Å². The van der Waals surface area contributed by atoms with E-state index in [0.29, 0.717) is 18.6 Å². The van der Waals surface area contributed by atoms with Gasteiger partial charge >= 0.3 is 0 Å². The number of anilines is 2. The first-order valence-corrected chi connectivity index (χ1v) is 12.3. The molecule has 1 aliphatic heterocycles. The number of nitrogens with zero attached hydrogens (tertiary/aromatic N) is 1. The molecule has 0 radical (unpaired) electrons. The molecule has 0 bridgehead atoms. The minimum atomic E-state index is -0.112. The first-order chi connectivity index (χ1) is 15.8. The van der Waals surface area contributed by atoms with E-state index >= 15 is 0 Å². The summed E-state index contributed by atoms with van der Waals surface area (Å²) in [7, 11) is 0. The Morgan fingerprint density at radius 2 is 1.73 bits per heavy atom. The summed E-state index contributed by atoms with van der Waals surface area (Å²) in [4.78, 5) is 27.1. The number of thioether (sulfide) groups is 1. The zero-order valence-electron chi connectivity index (χ0n) is 19.4. The van der Waals surface area contributed by atoms with Crippen LogP contribution in [0.25, 0.3) is 0 Å². The largest absolute Gasteiger partial charge is 0.326 e. The van der Waals surface area contributed by atoms with Crippen LogP contribution >= 0.6 is 11.8 Å². The Labute approximate surface area is 200 Å².